The molecule has 16 nitrogen and oxygen atoms in total. The topological polar surface area (TPSA) is 168 Å². The first kappa shape index (κ1) is 48.7. The molecule has 1 aliphatic heterocycles. The van der Waals surface area contributed by atoms with Gasteiger partial charge in [0.25, 0.3) is 14.4 Å². The predicted octanol–water partition coefficient (Wildman–Crippen LogP) is 8.88. The molecule has 0 radical (unpaired) electrons. The summed E-state index contributed by atoms with van der Waals surface area (Å²) >= 11 is 0. The Hall–Kier alpha value is -6.18. The summed E-state index contributed by atoms with van der Waals surface area (Å²) in [7, 11) is 5.29. The molecule has 1 fully saturated rings. The molecular formula is C50H59N8O8P. The number of para-hydroxylation sites is 1. The van der Waals surface area contributed by atoms with Gasteiger partial charge in [-0.2, -0.15) is 15.2 Å². The van der Waals surface area contributed by atoms with Gasteiger partial charge in [0, 0.05) is 32.6 Å². The van der Waals surface area contributed by atoms with Crippen molar-refractivity contribution in [1.29, 1.82) is 5.26 Å². The van der Waals surface area contributed by atoms with E-state index in [-0.39, 0.29) is 44.3 Å². The van der Waals surface area contributed by atoms with Crippen molar-refractivity contribution < 1.29 is 37.5 Å². The van der Waals surface area contributed by atoms with Crippen molar-refractivity contribution in [2.45, 2.75) is 76.7 Å². The number of hydrogen-bond acceptors (Lipinski definition) is 14. The Balaban J connectivity index is 1.29. The van der Waals surface area contributed by atoms with Crippen LogP contribution in [0, 0.1) is 11.3 Å². The van der Waals surface area contributed by atoms with Crippen molar-refractivity contribution in [3.63, 3.8) is 0 Å². The maximum atomic E-state index is 13.2. The lowest BCUT2D eigenvalue weighted by Crippen LogP contribution is -2.39. The zero-order valence-electron chi connectivity index (χ0n) is 39.2. The van der Waals surface area contributed by atoms with Gasteiger partial charge in [0.05, 0.1) is 52.4 Å². The van der Waals surface area contributed by atoms with Crippen LogP contribution in [0.25, 0.3) is 11.2 Å². The Kier molecular flexibility index (Phi) is 16.4. The zero-order chi connectivity index (χ0) is 47.5. The van der Waals surface area contributed by atoms with E-state index in [0.717, 1.165) is 16.7 Å². The molecule has 1 aliphatic rings. The second-order valence-corrected chi connectivity index (χ2v) is 18.0. The van der Waals surface area contributed by atoms with Crippen LogP contribution < -0.4 is 24.4 Å². The number of benzene rings is 4. The molecule has 6 aromatic rings. The van der Waals surface area contributed by atoms with Gasteiger partial charge in [-0.25, -0.2) is 9.65 Å². The molecular weight excluding hydrogens is 872 g/mol. The van der Waals surface area contributed by atoms with Gasteiger partial charge in [0.2, 0.25) is 5.95 Å². The molecule has 352 valence electrons. The van der Waals surface area contributed by atoms with Crippen LogP contribution in [0.2, 0.25) is 0 Å². The summed E-state index contributed by atoms with van der Waals surface area (Å²) < 4.78 is 49.0. The number of imidazole rings is 1. The van der Waals surface area contributed by atoms with Crippen LogP contribution in [0.1, 0.15) is 63.5 Å². The third-order valence-electron chi connectivity index (χ3n) is 11.2. The summed E-state index contributed by atoms with van der Waals surface area (Å²) in [4.78, 5) is 29.3. The lowest BCUT2D eigenvalue weighted by atomic mass is 9.80. The summed E-state index contributed by atoms with van der Waals surface area (Å²) in [6.45, 7) is 8.42. The molecule has 17 heteroatoms. The van der Waals surface area contributed by atoms with Crippen LogP contribution >= 0.6 is 8.53 Å². The molecule has 1 amide bonds. The number of ether oxygens (including phenoxy) is 5. The Bertz CT molecular complexity index is 2500. The summed E-state index contributed by atoms with van der Waals surface area (Å²) in [6, 6.07) is 37.2. The van der Waals surface area contributed by atoms with Gasteiger partial charge >= 0.3 is 0 Å². The molecule has 0 bridgehead atoms. The van der Waals surface area contributed by atoms with E-state index in [4.69, 9.17) is 42.7 Å². The average Bonchev–Trinajstić information content (AvgIpc) is 3.95. The van der Waals surface area contributed by atoms with Gasteiger partial charge in [0.15, 0.2) is 23.6 Å². The third kappa shape index (κ3) is 11.3. The van der Waals surface area contributed by atoms with E-state index in [2.05, 4.69) is 60.9 Å². The van der Waals surface area contributed by atoms with Crippen molar-refractivity contribution >= 4 is 37.4 Å². The molecule has 67 heavy (non-hydrogen) atoms. The molecule has 4 atom stereocenters. The van der Waals surface area contributed by atoms with Crippen LogP contribution in [0.15, 0.2) is 116 Å². The number of rotatable bonds is 22. The fourth-order valence-corrected chi connectivity index (χ4v) is 9.89. The highest BCUT2D eigenvalue weighted by Crippen LogP contribution is 2.51. The molecule has 0 spiro atoms. The Morgan fingerprint density at radius 1 is 0.866 bits per heavy atom. The molecule has 2 aromatic heterocycles. The van der Waals surface area contributed by atoms with Gasteiger partial charge in [-0.3, -0.25) is 14.7 Å². The summed E-state index contributed by atoms with van der Waals surface area (Å²) in [5, 5.41) is 12.3. The number of aromatic nitrogens is 4. The Morgan fingerprint density at radius 3 is 2.03 bits per heavy atom. The smallest absolute Gasteiger partial charge is 0.264 e. The number of nitrogens with zero attached hydrogens (tertiary/aromatic N) is 7. The lowest BCUT2D eigenvalue weighted by molar-refractivity contribution is -0.118. The number of hydrogen-bond donors (Lipinski definition) is 1. The fraction of sp³-hybridized carbons (Fsp3) is 0.380. The van der Waals surface area contributed by atoms with Crippen LogP contribution in [0.3, 0.4) is 0 Å². The van der Waals surface area contributed by atoms with Gasteiger partial charge in [-0.1, -0.05) is 72.8 Å². The van der Waals surface area contributed by atoms with Gasteiger partial charge in [-0.05, 0) is 80.8 Å². The number of methoxy groups -OCH3 is 2. The predicted molar refractivity (Wildman–Crippen MR) is 257 cm³/mol. The number of carbonyl (C=O) groups is 1. The van der Waals surface area contributed by atoms with Crippen molar-refractivity contribution in [2.75, 3.05) is 58.4 Å². The quantitative estimate of drug-likeness (QED) is 0.0389. The average molecular weight is 931 g/mol. The standard InChI is InChI=1S/C50H59N8O8P/c1-34(2)58(35(3)4)67(64-29-15-28-51)66-42-30-45(57-33-52-46-47(56(5)6)54-49(55-48(46)57)53-44(59)32-62-41-18-13-10-14-19-41)65-43(42)31-63-50(36-16-11-9-12-17-36,37-20-24-39(60-7)25-21-37)38-22-26-40(61-8)27-23-38/h9-14,16-27,33-35,42-43,45H,15,29-32H2,1-8H3,(H,53,54,55,59)/t42-,43+,45+,67?/m0/s1. The largest absolute Gasteiger partial charge is 0.497 e. The molecule has 1 saturated heterocycles. The minimum atomic E-state index is -1.69. The summed E-state index contributed by atoms with van der Waals surface area (Å²) in [6.07, 6.45) is 0.316. The second kappa shape index (κ2) is 22.5. The van der Waals surface area contributed by atoms with E-state index >= 15 is 0 Å². The van der Waals surface area contributed by atoms with Crippen molar-refractivity contribution in [3.8, 4) is 23.3 Å². The first-order valence-electron chi connectivity index (χ1n) is 22.2. The highest BCUT2D eigenvalue weighted by Gasteiger charge is 2.45. The maximum Gasteiger partial charge on any atom is 0.264 e. The number of nitriles is 1. The maximum absolute atomic E-state index is 13.2. The molecule has 1 unspecified atom stereocenters. The SMILES string of the molecule is COc1ccc(C(OC[C@H]2O[C@@H](n3cnc4c(N(C)C)nc(NC(=O)COc5ccccc5)nc43)C[C@@H]2OP(OCCC#N)N(C(C)C)C(C)C)(c2ccccc2)c2ccc(OC)cc2)cc1. The summed E-state index contributed by atoms with van der Waals surface area (Å²) in [5.74, 6) is 2.12. The van der Waals surface area contributed by atoms with Crippen molar-refractivity contribution in [2.24, 2.45) is 0 Å². The molecule has 1 N–H and O–H groups in total. The van der Waals surface area contributed by atoms with E-state index in [1.165, 1.54) is 0 Å². The Morgan fingerprint density at radius 2 is 1.46 bits per heavy atom. The molecule has 0 aliphatic carbocycles. The van der Waals surface area contributed by atoms with E-state index in [0.29, 0.717) is 40.7 Å². The zero-order valence-corrected chi connectivity index (χ0v) is 40.1. The number of nitrogens with one attached hydrogen (secondary N) is 1. The molecule has 7 rings (SSSR count). The summed E-state index contributed by atoms with van der Waals surface area (Å²) in [5.41, 5.74) is 2.43. The molecule has 4 aromatic carbocycles. The van der Waals surface area contributed by atoms with Crippen molar-refractivity contribution in [3.05, 3.63) is 132 Å². The van der Waals surface area contributed by atoms with E-state index < -0.39 is 38.5 Å². The van der Waals surface area contributed by atoms with Crippen LogP contribution in [-0.4, -0.2) is 103 Å². The number of amides is 1. The van der Waals surface area contributed by atoms with Crippen LogP contribution in [-0.2, 0) is 28.9 Å². The van der Waals surface area contributed by atoms with Gasteiger partial charge < -0.3 is 37.6 Å². The lowest BCUT2D eigenvalue weighted by Gasteiger charge is -2.39. The van der Waals surface area contributed by atoms with Gasteiger partial charge in [0.1, 0.15) is 35.2 Å². The van der Waals surface area contributed by atoms with Crippen LogP contribution in [0.4, 0.5) is 11.8 Å². The van der Waals surface area contributed by atoms with E-state index in [1.807, 2.05) is 108 Å². The number of carbonyl (C=O) groups excluding carboxylic acids is 1. The minimum Gasteiger partial charge on any atom is -0.497 e. The Labute approximate surface area is 393 Å². The van der Waals surface area contributed by atoms with E-state index in [1.54, 1.807) is 32.7 Å². The van der Waals surface area contributed by atoms with Gasteiger partial charge in [-0.15, -0.1) is 0 Å². The highest BCUT2D eigenvalue weighted by atomic mass is 31.2. The molecule has 3 heterocycles. The number of fused-ring (bicyclic) bond motifs is 1. The monoisotopic (exact) mass is 930 g/mol. The minimum absolute atomic E-state index is 0.0577. The third-order valence-corrected chi connectivity index (χ3v) is 13.4. The highest BCUT2D eigenvalue weighted by molar-refractivity contribution is 7.44. The first-order chi connectivity index (χ1) is 32.4. The second-order valence-electron chi connectivity index (χ2n) is 16.6. The van der Waals surface area contributed by atoms with Crippen LogP contribution in [0.5, 0.6) is 17.2 Å². The fourth-order valence-electron chi connectivity index (χ4n) is 8.13. The molecule has 0 saturated carbocycles. The van der Waals surface area contributed by atoms with Crippen molar-refractivity contribution in [1.82, 2.24) is 24.2 Å². The first-order valence-corrected chi connectivity index (χ1v) is 23.4. The van der Waals surface area contributed by atoms with E-state index in [9.17, 15) is 10.1 Å². The normalized spacial score (nSPS) is 16.6. The number of anilines is 2.